The van der Waals surface area contributed by atoms with Crippen LogP contribution in [0, 0.1) is 11.3 Å². The van der Waals surface area contributed by atoms with Gasteiger partial charge >= 0.3 is 0 Å². The van der Waals surface area contributed by atoms with Gasteiger partial charge in [-0.05, 0) is 58.4 Å². The second-order valence-corrected chi connectivity index (χ2v) is 7.95. The van der Waals surface area contributed by atoms with Crippen molar-refractivity contribution in [3.05, 3.63) is 75.7 Å². The minimum atomic E-state index is 0.399. The Kier molecular flexibility index (Phi) is 5.08. The van der Waals surface area contributed by atoms with Crippen LogP contribution in [0.25, 0.3) is 22.7 Å². The number of halogens is 2. The molecule has 0 radical (unpaired) electrons. The fraction of sp³-hybridized carbons (Fsp3) is 0. The zero-order valence-electron chi connectivity index (χ0n) is 13.7. The highest BCUT2D eigenvalue weighted by molar-refractivity contribution is 9.10. The summed E-state index contributed by atoms with van der Waals surface area (Å²) in [5.74, 6) is 1.08. The maximum atomic E-state index is 9.55. The topological polar surface area (TPSA) is 65.6 Å². The van der Waals surface area contributed by atoms with E-state index in [1.807, 2.05) is 54.6 Å². The highest BCUT2D eigenvalue weighted by Gasteiger charge is 2.13. The molecule has 0 spiro atoms. The number of nitrogens with zero attached hydrogens (tertiary/aromatic N) is 2. The number of hydrogen-bond donors (Lipinski definition) is 1. The van der Waals surface area contributed by atoms with Crippen LogP contribution in [0.15, 0.2) is 73.5 Å². The van der Waals surface area contributed by atoms with Crippen molar-refractivity contribution < 1.29 is 4.42 Å². The lowest BCUT2D eigenvalue weighted by atomic mass is 10.2. The van der Waals surface area contributed by atoms with Crippen molar-refractivity contribution in [2.24, 2.45) is 0 Å². The second kappa shape index (κ2) is 7.65. The van der Waals surface area contributed by atoms with Gasteiger partial charge in [-0.25, -0.2) is 4.98 Å². The molecule has 0 aliphatic rings. The maximum Gasteiger partial charge on any atom is 0.179 e. The van der Waals surface area contributed by atoms with E-state index in [-0.39, 0.29) is 0 Å². The third kappa shape index (κ3) is 3.96. The van der Waals surface area contributed by atoms with Crippen LogP contribution in [-0.2, 0) is 0 Å². The number of benzene rings is 2. The van der Waals surface area contributed by atoms with E-state index in [0.29, 0.717) is 27.3 Å². The van der Waals surface area contributed by atoms with Gasteiger partial charge in [0.25, 0.3) is 0 Å². The molecular formula is C20H11BrClN3OS. The second-order valence-electron chi connectivity index (χ2n) is 5.61. The number of imidazole rings is 1. The van der Waals surface area contributed by atoms with Crippen molar-refractivity contribution in [1.82, 2.24) is 9.97 Å². The number of allylic oxidation sites excluding steroid dienone is 1. The predicted molar refractivity (Wildman–Crippen MR) is 112 cm³/mol. The standard InChI is InChI=1S/C20H11BrClN3OS/c21-16-10-14(26-20(16)27-15-7-5-13(22)6-8-15)9-12(11-23)19-24-17-3-1-2-4-18(17)25-19/h1-10H,(H,24,25)/b12-9+. The van der Waals surface area contributed by atoms with Gasteiger partial charge in [-0.3, -0.25) is 0 Å². The Hall–Kier alpha value is -2.46. The van der Waals surface area contributed by atoms with Gasteiger partial charge in [-0.2, -0.15) is 5.26 Å². The minimum Gasteiger partial charge on any atom is -0.449 e. The third-order valence-electron chi connectivity index (χ3n) is 3.75. The molecule has 0 aliphatic heterocycles. The number of fused-ring (bicyclic) bond motifs is 1. The Labute approximate surface area is 173 Å². The molecule has 0 aliphatic carbocycles. The summed E-state index contributed by atoms with van der Waals surface area (Å²) >= 11 is 10.9. The Morgan fingerprint density at radius 2 is 2.00 bits per heavy atom. The van der Waals surface area contributed by atoms with E-state index in [9.17, 15) is 5.26 Å². The van der Waals surface area contributed by atoms with E-state index in [2.05, 4.69) is 32.0 Å². The van der Waals surface area contributed by atoms with Gasteiger partial charge in [0, 0.05) is 16.0 Å². The molecule has 4 aromatic rings. The number of H-pyrrole nitrogens is 1. The molecule has 4 rings (SSSR count). The fourth-order valence-electron chi connectivity index (χ4n) is 2.50. The summed E-state index contributed by atoms with van der Waals surface area (Å²) in [6.07, 6.45) is 1.67. The van der Waals surface area contributed by atoms with Crippen molar-refractivity contribution in [2.75, 3.05) is 0 Å². The fourth-order valence-corrected chi connectivity index (χ4v) is 3.95. The highest BCUT2D eigenvalue weighted by atomic mass is 79.9. The molecule has 0 bridgehead atoms. The number of hydrogen-bond acceptors (Lipinski definition) is 4. The molecule has 2 aromatic carbocycles. The van der Waals surface area contributed by atoms with E-state index in [1.54, 1.807) is 6.08 Å². The zero-order valence-corrected chi connectivity index (χ0v) is 16.9. The molecule has 0 saturated carbocycles. The lowest BCUT2D eigenvalue weighted by molar-refractivity contribution is 0.463. The van der Waals surface area contributed by atoms with Gasteiger partial charge < -0.3 is 9.40 Å². The number of nitrogens with one attached hydrogen (secondary N) is 1. The first kappa shape index (κ1) is 17.9. The van der Waals surface area contributed by atoms with E-state index in [0.717, 1.165) is 20.4 Å². The third-order valence-corrected chi connectivity index (χ3v) is 5.85. The summed E-state index contributed by atoms with van der Waals surface area (Å²) < 4.78 is 6.71. The summed E-state index contributed by atoms with van der Waals surface area (Å²) in [6, 6.07) is 19.2. The van der Waals surface area contributed by atoms with Crippen molar-refractivity contribution in [2.45, 2.75) is 9.99 Å². The molecule has 0 unspecified atom stereocenters. The van der Waals surface area contributed by atoms with Crippen LogP contribution in [0.2, 0.25) is 5.02 Å². The Morgan fingerprint density at radius 3 is 2.74 bits per heavy atom. The SMILES string of the molecule is N#C/C(=C\c1cc(Br)c(Sc2ccc(Cl)cc2)o1)c1nc2ccccc2[nH]1. The van der Waals surface area contributed by atoms with Gasteiger partial charge in [0.15, 0.2) is 5.09 Å². The monoisotopic (exact) mass is 455 g/mol. The van der Waals surface area contributed by atoms with Crippen molar-refractivity contribution in [3.8, 4) is 6.07 Å². The Balaban J connectivity index is 1.64. The van der Waals surface area contributed by atoms with Gasteiger partial charge in [0.2, 0.25) is 0 Å². The van der Waals surface area contributed by atoms with Gasteiger partial charge in [0.05, 0.1) is 21.1 Å². The first-order valence-corrected chi connectivity index (χ1v) is 9.91. The Bertz CT molecular complexity index is 1160. The summed E-state index contributed by atoms with van der Waals surface area (Å²) in [5, 5.41) is 10.9. The maximum absolute atomic E-state index is 9.55. The van der Waals surface area contributed by atoms with E-state index < -0.39 is 0 Å². The van der Waals surface area contributed by atoms with Crippen molar-refractivity contribution in [1.29, 1.82) is 5.26 Å². The molecule has 2 aromatic heterocycles. The molecule has 0 saturated heterocycles. The minimum absolute atomic E-state index is 0.399. The molecule has 0 atom stereocenters. The average Bonchev–Trinajstić information content (AvgIpc) is 3.25. The van der Waals surface area contributed by atoms with Crippen LogP contribution in [-0.4, -0.2) is 9.97 Å². The lowest BCUT2D eigenvalue weighted by Gasteiger charge is -1.98. The number of furan rings is 1. The first-order chi connectivity index (χ1) is 13.1. The summed E-state index contributed by atoms with van der Waals surface area (Å²) in [5.41, 5.74) is 2.09. The molecular weight excluding hydrogens is 446 g/mol. The quantitative estimate of drug-likeness (QED) is 0.343. The predicted octanol–water partition coefficient (Wildman–Crippen LogP) is 6.79. The Morgan fingerprint density at radius 1 is 1.22 bits per heavy atom. The number of para-hydroxylation sites is 2. The van der Waals surface area contributed by atoms with Crippen LogP contribution in [0.3, 0.4) is 0 Å². The highest BCUT2D eigenvalue weighted by Crippen LogP contribution is 2.37. The van der Waals surface area contributed by atoms with E-state index in [1.165, 1.54) is 11.8 Å². The van der Waals surface area contributed by atoms with Gasteiger partial charge in [-0.1, -0.05) is 35.5 Å². The number of aromatic amines is 1. The largest absolute Gasteiger partial charge is 0.449 e. The van der Waals surface area contributed by atoms with E-state index in [4.69, 9.17) is 16.0 Å². The molecule has 2 heterocycles. The lowest BCUT2D eigenvalue weighted by Crippen LogP contribution is -1.84. The van der Waals surface area contributed by atoms with E-state index >= 15 is 0 Å². The molecule has 0 amide bonds. The smallest absolute Gasteiger partial charge is 0.179 e. The van der Waals surface area contributed by atoms with Crippen LogP contribution in [0.1, 0.15) is 11.6 Å². The van der Waals surface area contributed by atoms with Crippen molar-refractivity contribution >= 4 is 62.0 Å². The summed E-state index contributed by atoms with van der Waals surface area (Å²) in [7, 11) is 0. The molecule has 27 heavy (non-hydrogen) atoms. The molecule has 0 fully saturated rings. The average molecular weight is 457 g/mol. The number of rotatable bonds is 4. The van der Waals surface area contributed by atoms with Crippen LogP contribution in [0.5, 0.6) is 0 Å². The van der Waals surface area contributed by atoms with Gasteiger partial charge in [-0.15, -0.1) is 0 Å². The van der Waals surface area contributed by atoms with Crippen molar-refractivity contribution in [3.63, 3.8) is 0 Å². The van der Waals surface area contributed by atoms with Gasteiger partial charge in [0.1, 0.15) is 17.7 Å². The molecule has 1 N–H and O–H groups in total. The summed E-state index contributed by atoms with van der Waals surface area (Å²) in [6.45, 7) is 0. The zero-order chi connectivity index (χ0) is 18.8. The molecule has 132 valence electrons. The molecule has 4 nitrogen and oxygen atoms in total. The van der Waals surface area contributed by atoms with Crippen LogP contribution in [0.4, 0.5) is 0 Å². The van der Waals surface area contributed by atoms with Crippen LogP contribution >= 0.6 is 39.3 Å². The number of nitriles is 1. The molecule has 7 heteroatoms. The van der Waals surface area contributed by atoms with Crippen LogP contribution < -0.4 is 0 Å². The normalized spacial score (nSPS) is 11.7. The number of aromatic nitrogens is 2. The first-order valence-electron chi connectivity index (χ1n) is 7.92. The summed E-state index contributed by atoms with van der Waals surface area (Å²) in [4.78, 5) is 8.63.